The van der Waals surface area contributed by atoms with Gasteiger partial charge in [0.05, 0.1) is 24.2 Å². The standard InChI is InChI=1S/C29H36N6O4/c1-20(2)16-31-12-13-39-29(36)32-17-21-8-10-22(11-9-21)18-35-25(19-38-15-14-37-3)34-26-27(35)23-6-4-5-7-24(23)33-28(26)30/h4-11,31H,1,12-19H2,2-3H3,(H2,30,33)(H,32,36). The third kappa shape index (κ3) is 7.53. The van der Waals surface area contributed by atoms with Gasteiger partial charge in [-0.25, -0.2) is 14.8 Å². The van der Waals surface area contributed by atoms with E-state index in [2.05, 4.69) is 26.8 Å². The van der Waals surface area contributed by atoms with E-state index in [4.69, 9.17) is 24.9 Å². The summed E-state index contributed by atoms with van der Waals surface area (Å²) in [5, 5.41) is 6.91. The molecule has 0 saturated heterocycles. The molecule has 0 saturated carbocycles. The number of fused-ring (bicyclic) bond motifs is 3. The second-order valence-corrected chi connectivity index (χ2v) is 9.31. The fraction of sp³-hybridized carbons (Fsp3) is 0.345. The zero-order chi connectivity index (χ0) is 27.6. The number of alkyl carbamates (subject to hydrolysis) is 1. The lowest BCUT2D eigenvalue weighted by Crippen LogP contribution is -2.28. The van der Waals surface area contributed by atoms with Crippen LogP contribution in [0.5, 0.6) is 0 Å². The van der Waals surface area contributed by atoms with Gasteiger partial charge >= 0.3 is 6.09 Å². The molecule has 0 radical (unpaired) electrons. The molecule has 206 valence electrons. The Morgan fingerprint density at radius 1 is 1.05 bits per heavy atom. The van der Waals surface area contributed by atoms with Gasteiger partial charge in [0.1, 0.15) is 24.6 Å². The molecule has 4 N–H and O–H groups in total. The van der Waals surface area contributed by atoms with Crippen molar-refractivity contribution in [2.45, 2.75) is 26.6 Å². The number of nitrogens with zero attached hydrogens (tertiary/aromatic N) is 3. The van der Waals surface area contributed by atoms with Crippen LogP contribution in [0.4, 0.5) is 10.6 Å². The summed E-state index contributed by atoms with van der Waals surface area (Å²) >= 11 is 0. The van der Waals surface area contributed by atoms with E-state index in [-0.39, 0.29) is 0 Å². The SMILES string of the molecule is C=C(C)CNCCOC(=O)NCc1ccc(Cn2c(COCCOC)nc3c(N)nc4ccccc4c32)cc1. The van der Waals surface area contributed by atoms with E-state index in [0.29, 0.717) is 63.9 Å². The first kappa shape index (κ1) is 28.0. The zero-order valence-corrected chi connectivity index (χ0v) is 22.5. The summed E-state index contributed by atoms with van der Waals surface area (Å²) in [7, 11) is 1.64. The number of imidazole rings is 1. The average Bonchev–Trinajstić information content (AvgIpc) is 3.29. The Morgan fingerprint density at radius 2 is 1.82 bits per heavy atom. The Balaban J connectivity index is 1.46. The molecule has 0 aliphatic carbocycles. The molecule has 10 nitrogen and oxygen atoms in total. The molecule has 10 heteroatoms. The van der Waals surface area contributed by atoms with Gasteiger partial charge in [-0.05, 0) is 24.1 Å². The van der Waals surface area contributed by atoms with Crippen LogP contribution in [0.25, 0.3) is 21.9 Å². The molecule has 4 rings (SSSR count). The maximum absolute atomic E-state index is 12.0. The quantitative estimate of drug-likeness (QED) is 0.166. The summed E-state index contributed by atoms with van der Waals surface area (Å²) in [5.74, 6) is 1.15. The van der Waals surface area contributed by atoms with Crippen molar-refractivity contribution in [1.82, 2.24) is 25.2 Å². The van der Waals surface area contributed by atoms with Gasteiger partial charge in [0.25, 0.3) is 0 Å². The van der Waals surface area contributed by atoms with Crippen LogP contribution in [-0.2, 0) is 33.9 Å². The molecule has 39 heavy (non-hydrogen) atoms. The molecule has 0 atom stereocenters. The Bertz CT molecular complexity index is 1420. The van der Waals surface area contributed by atoms with Crippen LogP contribution in [0.3, 0.4) is 0 Å². The van der Waals surface area contributed by atoms with Crippen LogP contribution < -0.4 is 16.4 Å². The number of ether oxygens (including phenoxy) is 3. The molecule has 2 aromatic heterocycles. The van der Waals surface area contributed by atoms with Crippen molar-refractivity contribution in [3.8, 4) is 0 Å². The first-order valence-electron chi connectivity index (χ1n) is 12.9. The number of hydrogen-bond donors (Lipinski definition) is 3. The predicted molar refractivity (Wildman–Crippen MR) is 152 cm³/mol. The van der Waals surface area contributed by atoms with E-state index in [9.17, 15) is 4.79 Å². The van der Waals surface area contributed by atoms with E-state index >= 15 is 0 Å². The Labute approximate surface area is 228 Å². The Kier molecular flexibility index (Phi) is 9.85. The number of carbonyl (C=O) groups is 1. The lowest BCUT2D eigenvalue weighted by molar-refractivity contribution is 0.0576. The molecule has 1 amide bonds. The van der Waals surface area contributed by atoms with Crippen LogP contribution in [0.1, 0.15) is 23.9 Å². The second-order valence-electron chi connectivity index (χ2n) is 9.31. The minimum Gasteiger partial charge on any atom is -0.448 e. The number of anilines is 1. The minimum absolute atomic E-state index is 0.295. The number of carbonyl (C=O) groups excluding carboxylic acids is 1. The number of methoxy groups -OCH3 is 1. The lowest BCUT2D eigenvalue weighted by atomic mass is 10.1. The second kappa shape index (κ2) is 13.7. The Hall–Kier alpha value is -3.99. The minimum atomic E-state index is -0.447. The molecule has 2 aromatic carbocycles. The highest BCUT2D eigenvalue weighted by Crippen LogP contribution is 2.29. The van der Waals surface area contributed by atoms with Crippen molar-refractivity contribution < 1.29 is 19.0 Å². The predicted octanol–water partition coefficient (Wildman–Crippen LogP) is 3.77. The molecule has 0 aliphatic heterocycles. The largest absolute Gasteiger partial charge is 0.448 e. The van der Waals surface area contributed by atoms with Gasteiger partial charge < -0.3 is 35.1 Å². The van der Waals surface area contributed by atoms with Gasteiger partial charge in [0.2, 0.25) is 0 Å². The monoisotopic (exact) mass is 532 g/mol. The molecular weight excluding hydrogens is 496 g/mol. The normalized spacial score (nSPS) is 11.2. The van der Waals surface area contributed by atoms with E-state index < -0.39 is 6.09 Å². The summed E-state index contributed by atoms with van der Waals surface area (Å²) in [6, 6.07) is 16.0. The van der Waals surface area contributed by atoms with E-state index in [1.54, 1.807) is 7.11 Å². The number of rotatable bonds is 14. The smallest absolute Gasteiger partial charge is 0.407 e. The number of para-hydroxylation sites is 1. The van der Waals surface area contributed by atoms with Gasteiger partial charge in [-0.15, -0.1) is 0 Å². The highest BCUT2D eigenvalue weighted by atomic mass is 16.5. The lowest BCUT2D eigenvalue weighted by Gasteiger charge is -2.12. The molecular formula is C29H36N6O4. The molecule has 0 bridgehead atoms. The number of aromatic nitrogens is 3. The highest BCUT2D eigenvalue weighted by molar-refractivity contribution is 6.06. The molecule has 0 unspecified atom stereocenters. The average molecular weight is 533 g/mol. The first-order chi connectivity index (χ1) is 19.0. The molecule has 0 aliphatic rings. The topological polar surface area (TPSA) is 126 Å². The van der Waals surface area contributed by atoms with Crippen molar-refractivity contribution in [1.29, 1.82) is 0 Å². The number of amides is 1. The van der Waals surface area contributed by atoms with Gasteiger partial charge in [-0.3, -0.25) is 0 Å². The summed E-state index contributed by atoms with van der Waals surface area (Å²) < 4.78 is 18.3. The van der Waals surface area contributed by atoms with Gasteiger partial charge in [0.15, 0.2) is 5.82 Å². The fourth-order valence-corrected chi connectivity index (χ4v) is 4.18. The number of benzene rings is 2. The van der Waals surface area contributed by atoms with Crippen LogP contribution >= 0.6 is 0 Å². The van der Waals surface area contributed by atoms with E-state index in [1.807, 2.05) is 55.5 Å². The Morgan fingerprint density at radius 3 is 2.59 bits per heavy atom. The van der Waals surface area contributed by atoms with Crippen molar-refractivity contribution in [2.24, 2.45) is 0 Å². The molecule has 0 fully saturated rings. The number of nitrogens with one attached hydrogen (secondary N) is 2. The van der Waals surface area contributed by atoms with Crippen LogP contribution in [0.15, 0.2) is 60.7 Å². The first-order valence-corrected chi connectivity index (χ1v) is 12.9. The van der Waals surface area contributed by atoms with Crippen molar-refractivity contribution in [3.63, 3.8) is 0 Å². The number of nitrogen functional groups attached to an aromatic ring is 1. The third-order valence-corrected chi connectivity index (χ3v) is 6.09. The van der Waals surface area contributed by atoms with Crippen LogP contribution in [-0.4, -0.2) is 60.6 Å². The van der Waals surface area contributed by atoms with E-state index in [0.717, 1.165) is 38.9 Å². The maximum atomic E-state index is 12.0. The van der Waals surface area contributed by atoms with E-state index in [1.165, 1.54) is 0 Å². The number of nitrogens with two attached hydrogens (primary N) is 1. The molecule has 4 aromatic rings. The highest BCUT2D eigenvalue weighted by Gasteiger charge is 2.18. The fourth-order valence-electron chi connectivity index (χ4n) is 4.18. The van der Waals surface area contributed by atoms with Gasteiger partial charge in [0, 0.05) is 38.7 Å². The van der Waals surface area contributed by atoms with Crippen LogP contribution in [0, 0.1) is 0 Å². The summed E-state index contributed by atoms with van der Waals surface area (Å²) in [4.78, 5) is 21.3. The van der Waals surface area contributed by atoms with Crippen molar-refractivity contribution in [2.75, 3.05) is 45.8 Å². The number of pyridine rings is 1. The van der Waals surface area contributed by atoms with Crippen molar-refractivity contribution >= 4 is 33.8 Å². The van der Waals surface area contributed by atoms with Gasteiger partial charge in [-0.2, -0.15) is 0 Å². The third-order valence-electron chi connectivity index (χ3n) is 6.09. The summed E-state index contributed by atoms with van der Waals surface area (Å²) in [6.07, 6.45) is -0.447. The van der Waals surface area contributed by atoms with Gasteiger partial charge in [-0.1, -0.05) is 54.6 Å². The summed E-state index contributed by atoms with van der Waals surface area (Å²) in [5.41, 5.74) is 11.8. The maximum Gasteiger partial charge on any atom is 0.407 e. The van der Waals surface area contributed by atoms with Crippen molar-refractivity contribution in [3.05, 3.63) is 77.6 Å². The summed E-state index contributed by atoms with van der Waals surface area (Å²) in [6.45, 7) is 9.56. The zero-order valence-electron chi connectivity index (χ0n) is 22.5. The number of hydrogen-bond acceptors (Lipinski definition) is 8. The molecule has 2 heterocycles. The van der Waals surface area contributed by atoms with Crippen LogP contribution in [0.2, 0.25) is 0 Å². The molecule has 0 spiro atoms.